The molecule has 0 aromatic heterocycles. The van der Waals surface area contributed by atoms with Gasteiger partial charge in [0, 0.05) is 23.0 Å². The van der Waals surface area contributed by atoms with Crippen LogP contribution >= 0.6 is 0 Å². The smallest absolute Gasteiger partial charge is 0.246 e. The number of guanidine groups is 1. The van der Waals surface area contributed by atoms with Crippen LogP contribution in [0.4, 0.5) is 11.4 Å². The molecule has 0 spiro atoms. The Morgan fingerprint density at radius 2 is 1.92 bits per heavy atom. The van der Waals surface area contributed by atoms with Crippen LogP contribution in [-0.4, -0.2) is 25.5 Å². The van der Waals surface area contributed by atoms with E-state index in [2.05, 4.69) is 21.5 Å². The summed E-state index contributed by atoms with van der Waals surface area (Å²) >= 11 is 0. The Morgan fingerprint density at radius 1 is 1.21 bits per heavy atom. The zero-order chi connectivity index (χ0) is 17.4. The molecule has 2 aromatic carbocycles. The lowest BCUT2D eigenvalue weighted by Crippen LogP contribution is -2.25. The second-order valence-electron chi connectivity index (χ2n) is 4.83. The first-order valence-electron chi connectivity index (χ1n) is 7.18. The standard InChI is InChI=1S/C18H18N4O2/c1-3-13-6-4-7-14(10-13)21-17(23)12-20-18(19)22-15-8-5-9-16(11-15)24-2/h1,4-11H,12H2,2H3,(H,21,23)(H3,19,20,22). The summed E-state index contributed by atoms with van der Waals surface area (Å²) in [6.07, 6.45) is 5.32. The van der Waals surface area contributed by atoms with E-state index in [1.807, 2.05) is 18.2 Å². The number of nitrogens with two attached hydrogens (primary N) is 1. The van der Waals surface area contributed by atoms with E-state index in [1.165, 1.54) is 0 Å². The van der Waals surface area contributed by atoms with Crippen molar-refractivity contribution in [1.29, 1.82) is 0 Å². The fourth-order valence-electron chi connectivity index (χ4n) is 1.93. The number of benzene rings is 2. The van der Waals surface area contributed by atoms with Gasteiger partial charge in [-0.2, -0.15) is 0 Å². The third-order valence-corrected chi connectivity index (χ3v) is 3.05. The van der Waals surface area contributed by atoms with Crippen LogP contribution in [0.25, 0.3) is 0 Å². The van der Waals surface area contributed by atoms with Crippen LogP contribution in [0.5, 0.6) is 5.75 Å². The van der Waals surface area contributed by atoms with Crippen molar-refractivity contribution in [2.75, 3.05) is 24.3 Å². The highest BCUT2D eigenvalue weighted by molar-refractivity contribution is 5.97. The van der Waals surface area contributed by atoms with E-state index in [1.54, 1.807) is 37.4 Å². The van der Waals surface area contributed by atoms with Gasteiger partial charge < -0.3 is 21.1 Å². The number of carbonyl (C=O) groups excluding carboxylic acids is 1. The maximum atomic E-state index is 11.9. The number of methoxy groups -OCH3 is 1. The number of nitrogens with one attached hydrogen (secondary N) is 2. The average molecular weight is 322 g/mol. The Bertz CT molecular complexity index is 794. The highest BCUT2D eigenvalue weighted by Gasteiger charge is 2.03. The number of ether oxygens (including phenoxy) is 1. The number of amides is 1. The minimum atomic E-state index is -0.292. The fraction of sp³-hybridized carbons (Fsp3) is 0.111. The molecule has 2 rings (SSSR count). The third-order valence-electron chi connectivity index (χ3n) is 3.05. The second-order valence-corrected chi connectivity index (χ2v) is 4.83. The van der Waals surface area contributed by atoms with Gasteiger partial charge in [-0.1, -0.05) is 18.1 Å². The average Bonchev–Trinajstić information content (AvgIpc) is 2.60. The van der Waals surface area contributed by atoms with Crippen LogP contribution in [0.1, 0.15) is 5.56 Å². The summed E-state index contributed by atoms with van der Waals surface area (Å²) < 4.78 is 5.12. The molecule has 2 aromatic rings. The maximum Gasteiger partial charge on any atom is 0.246 e. The quantitative estimate of drug-likeness (QED) is 0.446. The van der Waals surface area contributed by atoms with Gasteiger partial charge in [-0.3, -0.25) is 4.79 Å². The molecule has 6 nitrogen and oxygen atoms in total. The van der Waals surface area contributed by atoms with Crippen LogP contribution < -0.4 is 21.1 Å². The van der Waals surface area contributed by atoms with Crippen LogP contribution in [0, 0.1) is 12.3 Å². The largest absolute Gasteiger partial charge is 0.497 e. The predicted molar refractivity (Wildman–Crippen MR) is 96.1 cm³/mol. The third kappa shape index (κ3) is 5.07. The van der Waals surface area contributed by atoms with E-state index in [0.717, 1.165) is 5.69 Å². The highest BCUT2D eigenvalue weighted by Crippen LogP contribution is 2.16. The van der Waals surface area contributed by atoms with Crippen molar-refractivity contribution in [1.82, 2.24) is 0 Å². The van der Waals surface area contributed by atoms with Crippen molar-refractivity contribution in [2.45, 2.75) is 0 Å². The molecule has 0 heterocycles. The predicted octanol–water partition coefficient (Wildman–Crippen LogP) is 2.04. The molecular formula is C18H18N4O2. The van der Waals surface area contributed by atoms with E-state index in [4.69, 9.17) is 16.9 Å². The Hall–Kier alpha value is -3.46. The van der Waals surface area contributed by atoms with Crippen molar-refractivity contribution in [3.63, 3.8) is 0 Å². The van der Waals surface area contributed by atoms with E-state index >= 15 is 0 Å². The Balaban J connectivity index is 1.91. The first kappa shape index (κ1) is 16.9. The number of nitrogens with zero attached hydrogens (tertiary/aromatic N) is 1. The summed E-state index contributed by atoms with van der Waals surface area (Å²) in [5.41, 5.74) is 7.80. The molecule has 0 unspecified atom stereocenters. The molecule has 0 bridgehead atoms. The SMILES string of the molecule is C#Cc1cccc(NC(=O)CN=C(N)Nc2cccc(OC)c2)c1. The minimum Gasteiger partial charge on any atom is -0.497 e. The summed E-state index contributed by atoms with van der Waals surface area (Å²) in [7, 11) is 1.58. The van der Waals surface area contributed by atoms with Gasteiger partial charge in [-0.15, -0.1) is 6.42 Å². The number of hydrogen-bond donors (Lipinski definition) is 3. The van der Waals surface area contributed by atoms with Crippen molar-refractivity contribution in [3.05, 3.63) is 54.1 Å². The van der Waals surface area contributed by atoms with Crippen molar-refractivity contribution >= 4 is 23.2 Å². The Labute approximate surface area is 140 Å². The fourth-order valence-corrected chi connectivity index (χ4v) is 1.93. The Morgan fingerprint density at radius 3 is 2.62 bits per heavy atom. The van der Waals surface area contributed by atoms with Crippen molar-refractivity contribution in [2.24, 2.45) is 10.7 Å². The van der Waals surface area contributed by atoms with Crippen LogP contribution in [-0.2, 0) is 4.79 Å². The molecule has 0 saturated carbocycles. The van der Waals surface area contributed by atoms with Gasteiger partial charge >= 0.3 is 0 Å². The summed E-state index contributed by atoms with van der Waals surface area (Å²) in [5.74, 6) is 3.04. The van der Waals surface area contributed by atoms with E-state index < -0.39 is 0 Å². The van der Waals surface area contributed by atoms with Crippen LogP contribution in [0.15, 0.2) is 53.5 Å². The van der Waals surface area contributed by atoms with Crippen molar-refractivity contribution < 1.29 is 9.53 Å². The zero-order valence-electron chi connectivity index (χ0n) is 13.2. The molecule has 0 aliphatic heterocycles. The Kier molecular flexibility index (Phi) is 5.81. The molecule has 0 saturated heterocycles. The van der Waals surface area contributed by atoms with E-state index in [0.29, 0.717) is 17.0 Å². The summed E-state index contributed by atoms with van der Waals surface area (Å²) in [4.78, 5) is 15.9. The number of aliphatic imine (C=N–C) groups is 1. The second kappa shape index (κ2) is 8.25. The molecular weight excluding hydrogens is 304 g/mol. The summed E-state index contributed by atoms with van der Waals surface area (Å²) in [6.45, 7) is -0.108. The van der Waals surface area contributed by atoms with Gasteiger partial charge in [0.2, 0.25) is 5.91 Å². The molecule has 24 heavy (non-hydrogen) atoms. The molecule has 0 fully saturated rings. The first-order valence-corrected chi connectivity index (χ1v) is 7.18. The van der Waals surface area contributed by atoms with E-state index in [9.17, 15) is 4.79 Å². The van der Waals surface area contributed by atoms with Gasteiger partial charge in [0.05, 0.1) is 7.11 Å². The maximum absolute atomic E-state index is 11.9. The number of terminal acetylenes is 1. The molecule has 122 valence electrons. The van der Waals surface area contributed by atoms with Crippen LogP contribution in [0.3, 0.4) is 0 Å². The zero-order valence-corrected chi connectivity index (χ0v) is 13.2. The molecule has 6 heteroatoms. The molecule has 0 radical (unpaired) electrons. The van der Waals surface area contributed by atoms with Gasteiger partial charge in [-0.25, -0.2) is 4.99 Å². The monoisotopic (exact) mass is 322 g/mol. The number of hydrogen-bond acceptors (Lipinski definition) is 3. The number of rotatable bonds is 5. The van der Waals surface area contributed by atoms with Gasteiger partial charge in [0.15, 0.2) is 5.96 Å². The van der Waals surface area contributed by atoms with Gasteiger partial charge in [-0.05, 0) is 30.3 Å². The van der Waals surface area contributed by atoms with Gasteiger partial charge in [0.25, 0.3) is 0 Å². The highest BCUT2D eigenvalue weighted by atomic mass is 16.5. The molecule has 1 amide bonds. The lowest BCUT2D eigenvalue weighted by Gasteiger charge is -2.08. The number of anilines is 2. The topological polar surface area (TPSA) is 88.7 Å². The minimum absolute atomic E-state index is 0.108. The lowest BCUT2D eigenvalue weighted by molar-refractivity contribution is -0.114. The normalized spacial score (nSPS) is 10.6. The van der Waals surface area contributed by atoms with Gasteiger partial charge in [0.1, 0.15) is 12.3 Å². The molecule has 4 N–H and O–H groups in total. The van der Waals surface area contributed by atoms with E-state index in [-0.39, 0.29) is 18.4 Å². The number of carbonyl (C=O) groups is 1. The molecule has 0 aliphatic rings. The van der Waals surface area contributed by atoms with Crippen molar-refractivity contribution in [3.8, 4) is 18.1 Å². The first-order chi connectivity index (χ1) is 11.6. The summed E-state index contributed by atoms with van der Waals surface area (Å²) in [6, 6.07) is 14.2. The van der Waals surface area contributed by atoms with Crippen LogP contribution in [0.2, 0.25) is 0 Å². The molecule has 0 atom stereocenters. The molecule has 0 aliphatic carbocycles. The summed E-state index contributed by atoms with van der Waals surface area (Å²) in [5, 5.41) is 5.60. The lowest BCUT2D eigenvalue weighted by atomic mass is 10.2.